The van der Waals surface area contributed by atoms with Crippen LogP contribution in [0.15, 0.2) is 33.4 Å². The van der Waals surface area contributed by atoms with E-state index >= 15 is 0 Å². The van der Waals surface area contributed by atoms with Crippen molar-refractivity contribution in [2.75, 3.05) is 18.5 Å². The predicted octanol–water partition coefficient (Wildman–Crippen LogP) is 4.40. The quantitative estimate of drug-likeness (QED) is 0.825. The van der Waals surface area contributed by atoms with Crippen LogP contribution in [-0.2, 0) is 13.1 Å². The van der Waals surface area contributed by atoms with E-state index in [2.05, 4.69) is 32.7 Å². The second kappa shape index (κ2) is 7.20. The van der Waals surface area contributed by atoms with Gasteiger partial charge in [0.15, 0.2) is 0 Å². The highest BCUT2D eigenvalue weighted by molar-refractivity contribution is 9.11. The molecule has 2 rings (SSSR count). The highest BCUT2D eigenvalue weighted by atomic mass is 79.9. The molecule has 0 radical (unpaired) electrons. The number of thiophene rings is 1. The number of halogens is 2. The molecular weight excluding hydrogens is 339 g/mol. The minimum absolute atomic E-state index is 0.169. The van der Waals surface area contributed by atoms with Crippen LogP contribution in [0.3, 0.4) is 0 Å². The first-order valence-electron chi connectivity index (χ1n) is 6.54. The normalized spacial score (nSPS) is 10.8. The lowest BCUT2D eigenvalue weighted by Gasteiger charge is -2.23. The summed E-state index contributed by atoms with van der Waals surface area (Å²) in [4.78, 5) is 1.97. The summed E-state index contributed by atoms with van der Waals surface area (Å²) in [5, 5.41) is 5.34. The molecule has 1 aromatic heterocycles. The van der Waals surface area contributed by atoms with E-state index in [0.29, 0.717) is 18.8 Å². The number of anilines is 1. The first-order chi connectivity index (χ1) is 9.61. The van der Waals surface area contributed by atoms with Crippen molar-refractivity contribution in [3.63, 3.8) is 0 Å². The van der Waals surface area contributed by atoms with Crippen molar-refractivity contribution >= 4 is 33.0 Å². The maximum Gasteiger partial charge on any atom is 0.146 e. The Labute approximate surface area is 131 Å². The third-order valence-electron chi connectivity index (χ3n) is 3.06. The third-order valence-corrected chi connectivity index (χ3v) is 4.61. The predicted molar refractivity (Wildman–Crippen MR) is 87.9 cm³/mol. The summed E-state index contributed by atoms with van der Waals surface area (Å²) in [7, 11) is 1.93. The monoisotopic (exact) mass is 356 g/mol. The number of hydrogen-bond acceptors (Lipinski definition) is 3. The van der Waals surface area contributed by atoms with Gasteiger partial charge >= 0.3 is 0 Å². The molecule has 20 heavy (non-hydrogen) atoms. The van der Waals surface area contributed by atoms with E-state index in [1.807, 2.05) is 24.9 Å². The number of hydrogen-bond donors (Lipinski definition) is 1. The van der Waals surface area contributed by atoms with Crippen LogP contribution in [0.5, 0.6) is 0 Å². The zero-order chi connectivity index (χ0) is 14.5. The van der Waals surface area contributed by atoms with Crippen LogP contribution in [0.25, 0.3) is 0 Å². The number of para-hydroxylation sites is 1. The molecule has 2 aromatic rings. The van der Waals surface area contributed by atoms with Gasteiger partial charge in [0, 0.05) is 20.1 Å². The molecule has 0 saturated heterocycles. The summed E-state index contributed by atoms with van der Waals surface area (Å²) in [6.45, 7) is 4.30. The molecule has 1 aromatic carbocycles. The van der Waals surface area contributed by atoms with Gasteiger partial charge in [-0.05, 0) is 51.1 Å². The average molecular weight is 357 g/mol. The second-order valence-electron chi connectivity index (χ2n) is 4.64. The first kappa shape index (κ1) is 15.5. The largest absolute Gasteiger partial charge is 0.368 e. The van der Waals surface area contributed by atoms with E-state index < -0.39 is 0 Å². The third kappa shape index (κ3) is 3.81. The smallest absolute Gasteiger partial charge is 0.146 e. The van der Waals surface area contributed by atoms with Gasteiger partial charge in [-0.3, -0.25) is 0 Å². The lowest BCUT2D eigenvalue weighted by atomic mass is 10.1. The van der Waals surface area contributed by atoms with Crippen LogP contribution >= 0.6 is 27.3 Å². The van der Waals surface area contributed by atoms with Crippen LogP contribution < -0.4 is 10.2 Å². The van der Waals surface area contributed by atoms with Crippen LogP contribution in [0, 0.1) is 5.82 Å². The van der Waals surface area contributed by atoms with Gasteiger partial charge in [-0.25, -0.2) is 4.39 Å². The van der Waals surface area contributed by atoms with Crippen LogP contribution in [0.4, 0.5) is 10.1 Å². The van der Waals surface area contributed by atoms with Crippen molar-refractivity contribution in [3.05, 3.63) is 50.4 Å². The fourth-order valence-electron chi connectivity index (χ4n) is 2.17. The molecule has 0 bridgehead atoms. The SMILES string of the molecule is CCNCc1cccc(F)c1N(C)Cc1csc(Br)c1. The Balaban J connectivity index is 2.21. The summed E-state index contributed by atoms with van der Waals surface area (Å²) < 4.78 is 15.3. The molecule has 0 aliphatic rings. The van der Waals surface area contributed by atoms with Crippen LogP contribution in [-0.4, -0.2) is 13.6 Å². The van der Waals surface area contributed by atoms with E-state index in [1.165, 1.54) is 11.6 Å². The average Bonchev–Trinajstić information content (AvgIpc) is 2.81. The molecule has 1 heterocycles. The van der Waals surface area contributed by atoms with Crippen LogP contribution in [0.2, 0.25) is 0 Å². The summed E-state index contributed by atoms with van der Waals surface area (Å²) in [5.74, 6) is -0.169. The summed E-state index contributed by atoms with van der Waals surface area (Å²) >= 11 is 5.11. The fraction of sp³-hybridized carbons (Fsp3) is 0.333. The van der Waals surface area contributed by atoms with Gasteiger partial charge in [0.1, 0.15) is 5.82 Å². The number of rotatable bonds is 6. The van der Waals surface area contributed by atoms with Crippen molar-refractivity contribution in [2.24, 2.45) is 0 Å². The number of benzene rings is 1. The first-order valence-corrected chi connectivity index (χ1v) is 8.21. The lowest BCUT2D eigenvalue weighted by molar-refractivity contribution is 0.615. The molecule has 108 valence electrons. The fourth-order valence-corrected chi connectivity index (χ4v) is 3.37. The zero-order valence-corrected chi connectivity index (χ0v) is 14.0. The number of nitrogens with one attached hydrogen (secondary N) is 1. The second-order valence-corrected chi connectivity index (χ2v) is 6.93. The minimum atomic E-state index is -0.169. The summed E-state index contributed by atoms with van der Waals surface area (Å²) in [5.41, 5.74) is 2.85. The number of nitrogens with zero attached hydrogens (tertiary/aromatic N) is 1. The van der Waals surface area contributed by atoms with Gasteiger partial charge in [0.05, 0.1) is 9.47 Å². The Morgan fingerprint density at radius 3 is 2.85 bits per heavy atom. The van der Waals surface area contributed by atoms with Gasteiger partial charge in [-0.15, -0.1) is 11.3 Å². The van der Waals surface area contributed by atoms with Crippen molar-refractivity contribution in [1.82, 2.24) is 5.32 Å². The van der Waals surface area contributed by atoms with E-state index in [-0.39, 0.29) is 5.82 Å². The van der Waals surface area contributed by atoms with Crippen molar-refractivity contribution < 1.29 is 4.39 Å². The van der Waals surface area contributed by atoms with Gasteiger partial charge in [-0.1, -0.05) is 19.1 Å². The van der Waals surface area contributed by atoms with Gasteiger partial charge in [0.25, 0.3) is 0 Å². The molecule has 0 unspecified atom stereocenters. The molecule has 0 fully saturated rings. The van der Waals surface area contributed by atoms with Crippen molar-refractivity contribution in [2.45, 2.75) is 20.0 Å². The Kier molecular flexibility index (Phi) is 5.57. The van der Waals surface area contributed by atoms with E-state index in [1.54, 1.807) is 17.4 Å². The molecule has 0 saturated carbocycles. The molecule has 0 amide bonds. The molecule has 0 atom stereocenters. The molecule has 0 aliphatic carbocycles. The molecule has 2 nitrogen and oxygen atoms in total. The van der Waals surface area contributed by atoms with Gasteiger partial charge in [-0.2, -0.15) is 0 Å². The molecule has 5 heteroatoms. The Morgan fingerprint density at radius 1 is 1.40 bits per heavy atom. The van der Waals surface area contributed by atoms with E-state index in [9.17, 15) is 4.39 Å². The zero-order valence-electron chi connectivity index (χ0n) is 11.6. The van der Waals surface area contributed by atoms with Gasteiger partial charge in [0.2, 0.25) is 0 Å². The highest BCUT2D eigenvalue weighted by Gasteiger charge is 2.13. The Hall–Kier alpha value is -0.910. The maximum atomic E-state index is 14.2. The summed E-state index contributed by atoms with van der Waals surface area (Å²) in [6, 6.07) is 7.33. The standard InChI is InChI=1S/C15H18BrFN2S/c1-3-18-8-12-5-4-6-13(17)15(12)19(2)9-11-7-14(16)20-10-11/h4-7,10,18H,3,8-9H2,1-2H3. The topological polar surface area (TPSA) is 15.3 Å². The molecule has 1 N–H and O–H groups in total. The van der Waals surface area contributed by atoms with Crippen molar-refractivity contribution in [1.29, 1.82) is 0 Å². The minimum Gasteiger partial charge on any atom is -0.368 e. The molecule has 0 spiro atoms. The van der Waals surface area contributed by atoms with Crippen molar-refractivity contribution in [3.8, 4) is 0 Å². The van der Waals surface area contributed by atoms with Gasteiger partial charge < -0.3 is 10.2 Å². The Bertz CT molecular complexity index is 571. The Morgan fingerprint density at radius 2 is 2.20 bits per heavy atom. The van der Waals surface area contributed by atoms with E-state index in [0.717, 1.165) is 15.9 Å². The van der Waals surface area contributed by atoms with E-state index in [4.69, 9.17) is 0 Å². The maximum absolute atomic E-state index is 14.2. The lowest BCUT2D eigenvalue weighted by Crippen LogP contribution is -2.21. The highest BCUT2D eigenvalue weighted by Crippen LogP contribution is 2.27. The van der Waals surface area contributed by atoms with Crippen LogP contribution in [0.1, 0.15) is 18.1 Å². The summed E-state index contributed by atoms with van der Waals surface area (Å²) in [6.07, 6.45) is 0. The molecule has 0 aliphatic heterocycles. The molecular formula is C15H18BrFN2S.